The maximum atomic E-state index is 12.0. The number of hydrazone groups is 1. The number of fused-ring (bicyclic) bond motifs is 3. The number of carboxylic acids is 1. The number of hydrogen-bond donors (Lipinski definition) is 3. The van der Waals surface area contributed by atoms with Crippen LogP contribution in [0.15, 0.2) is 17.2 Å². The molecule has 0 aliphatic carbocycles. The van der Waals surface area contributed by atoms with Crippen LogP contribution in [-0.2, 0) is 22.4 Å². The van der Waals surface area contributed by atoms with Gasteiger partial charge in [0.2, 0.25) is 0 Å². The van der Waals surface area contributed by atoms with Crippen LogP contribution in [-0.4, -0.2) is 48.6 Å². The molecule has 1 saturated heterocycles. The van der Waals surface area contributed by atoms with Crippen molar-refractivity contribution in [2.24, 2.45) is 11.0 Å². The summed E-state index contributed by atoms with van der Waals surface area (Å²) < 4.78 is 5.88. The van der Waals surface area contributed by atoms with Crippen LogP contribution in [0.1, 0.15) is 31.9 Å². The van der Waals surface area contributed by atoms with Crippen molar-refractivity contribution in [3.05, 3.63) is 23.3 Å². The lowest BCUT2D eigenvalue weighted by atomic mass is 9.90. The SMILES string of the molecule is CC(=O)O.CCc1cc2c(cc1CC1CNC1)N1C(=NNC(=O)C1C)CO2. The van der Waals surface area contributed by atoms with Gasteiger partial charge in [-0.25, -0.2) is 5.43 Å². The molecule has 0 radical (unpaired) electrons. The van der Waals surface area contributed by atoms with E-state index in [4.69, 9.17) is 14.6 Å². The second-order valence-corrected chi connectivity index (χ2v) is 7.03. The van der Waals surface area contributed by atoms with Crippen LogP contribution in [0.4, 0.5) is 5.69 Å². The van der Waals surface area contributed by atoms with E-state index in [2.05, 4.69) is 34.9 Å². The number of anilines is 1. The zero-order valence-corrected chi connectivity index (χ0v) is 15.9. The second-order valence-electron chi connectivity index (χ2n) is 7.03. The van der Waals surface area contributed by atoms with Gasteiger partial charge in [-0.2, -0.15) is 5.10 Å². The van der Waals surface area contributed by atoms with Crippen molar-refractivity contribution in [2.45, 2.75) is 39.7 Å². The van der Waals surface area contributed by atoms with Crippen LogP contribution in [0.25, 0.3) is 0 Å². The molecule has 1 aromatic rings. The Kier molecular flexibility index (Phi) is 5.65. The topological polar surface area (TPSA) is 103 Å². The van der Waals surface area contributed by atoms with Gasteiger partial charge >= 0.3 is 0 Å². The average Bonchev–Trinajstić information content (AvgIpc) is 2.59. The first-order chi connectivity index (χ1) is 12.9. The molecule has 1 unspecified atom stereocenters. The number of benzene rings is 1. The van der Waals surface area contributed by atoms with Crippen LogP contribution >= 0.6 is 0 Å². The average molecular weight is 374 g/mol. The number of carboxylic acid groups (broad SMARTS) is 1. The summed E-state index contributed by atoms with van der Waals surface area (Å²) in [5.41, 5.74) is 6.24. The molecule has 146 valence electrons. The Hall–Kier alpha value is -2.61. The minimum Gasteiger partial charge on any atom is -0.483 e. The normalized spacial score (nSPS) is 20.7. The van der Waals surface area contributed by atoms with Gasteiger partial charge in [0, 0.05) is 6.92 Å². The molecule has 3 heterocycles. The smallest absolute Gasteiger partial charge is 0.300 e. The van der Waals surface area contributed by atoms with E-state index in [-0.39, 0.29) is 11.9 Å². The Balaban J connectivity index is 0.000000481. The number of aryl methyl sites for hydroxylation is 1. The van der Waals surface area contributed by atoms with Crippen molar-refractivity contribution >= 4 is 23.4 Å². The largest absolute Gasteiger partial charge is 0.483 e. The lowest BCUT2D eigenvalue weighted by Gasteiger charge is -2.39. The zero-order chi connectivity index (χ0) is 19.6. The Morgan fingerprint density at radius 2 is 2.07 bits per heavy atom. The molecule has 0 spiro atoms. The second kappa shape index (κ2) is 7.96. The van der Waals surface area contributed by atoms with Crippen LogP contribution < -0.4 is 20.4 Å². The van der Waals surface area contributed by atoms with Crippen molar-refractivity contribution < 1.29 is 19.4 Å². The summed E-state index contributed by atoms with van der Waals surface area (Å²) in [4.78, 5) is 23.0. The molecule has 3 aliphatic rings. The number of aliphatic carboxylic acids is 1. The highest BCUT2D eigenvalue weighted by Crippen LogP contribution is 2.38. The van der Waals surface area contributed by atoms with Crippen molar-refractivity contribution in [3.8, 4) is 5.75 Å². The summed E-state index contributed by atoms with van der Waals surface area (Å²) in [5.74, 6) is 1.42. The van der Waals surface area contributed by atoms with Gasteiger partial charge < -0.3 is 20.1 Å². The number of nitrogens with one attached hydrogen (secondary N) is 2. The standard InChI is InChI=1S/C17H22N4O2.C2H4O2/c1-3-12-6-15-14(5-13(12)4-11-7-18-8-11)21-10(2)17(22)20-19-16(21)9-23-15;1-2(3)4/h5-6,10-11,18H,3-4,7-9H2,1-2H3,(H,20,22);1H3,(H,3,4). The highest BCUT2D eigenvalue weighted by atomic mass is 16.5. The fourth-order valence-electron chi connectivity index (χ4n) is 3.48. The highest BCUT2D eigenvalue weighted by Gasteiger charge is 2.35. The van der Waals surface area contributed by atoms with E-state index in [9.17, 15) is 4.79 Å². The molecule has 0 saturated carbocycles. The first-order valence-electron chi connectivity index (χ1n) is 9.25. The number of carbonyl (C=O) groups excluding carboxylic acids is 1. The van der Waals surface area contributed by atoms with Crippen molar-refractivity contribution in [2.75, 3.05) is 24.6 Å². The van der Waals surface area contributed by atoms with E-state index in [1.807, 2.05) is 11.8 Å². The molecule has 0 aromatic heterocycles. The lowest BCUT2D eigenvalue weighted by Crippen LogP contribution is -2.55. The fraction of sp³-hybridized carbons (Fsp3) is 0.526. The quantitative estimate of drug-likeness (QED) is 0.733. The van der Waals surface area contributed by atoms with E-state index in [1.54, 1.807) is 0 Å². The van der Waals surface area contributed by atoms with Crippen LogP contribution in [0.3, 0.4) is 0 Å². The molecular formula is C19H26N4O4. The zero-order valence-electron chi connectivity index (χ0n) is 15.9. The fourth-order valence-corrected chi connectivity index (χ4v) is 3.48. The molecule has 1 amide bonds. The molecule has 27 heavy (non-hydrogen) atoms. The number of ether oxygens (including phenoxy) is 1. The lowest BCUT2D eigenvalue weighted by molar-refractivity contribution is -0.134. The predicted molar refractivity (Wildman–Crippen MR) is 102 cm³/mol. The van der Waals surface area contributed by atoms with Gasteiger partial charge in [-0.05, 0) is 62.0 Å². The van der Waals surface area contributed by atoms with Crippen LogP contribution in [0, 0.1) is 5.92 Å². The summed E-state index contributed by atoms with van der Waals surface area (Å²) >= 11 is 0. The minimum atomic E-state index is -0.833. The van der Waals surface area contributed by atoms with Crippen molar-refractivity contribution in [1.29, 1.82) is 0 Å². The summed E-state index contributed by atoms with van der Waals surface area (Å²) in [6, 6.07) is 4.08. The third kappa shape index (κ3) is 4.05. The molecule has 1 atom stereocenters. The first kappa shape index (κ1) is 19.2. The number of rotatable bonds is 3. The van der Waals surface area contributed by atoms with Crippen LogP contribution in [0.2, 0.25) is 0 Å². The van der Waals surface area contributed by atoms with Gasteiger partial charge in [0.1, 0.15) is 18.4 Å². The molecule has 0 bridgehead atoms. The summed E-state index contributed by atoms with van der Waals surface area (Å²) in [6.45, 7) is 7.74. The van der Waals surface area contributed by atoms with E-state index in [0.29, 0.717) is 12.5 Å². The number of hydrogen-bond acceptors (Lipinski definition) is 6. The monoisotopic (exact) mass is 374 g/mol. The minimum absolute atomic E-state index is 0.0779. The van der Waals surface area contributed by atoms with Crippen LogP contribution in [0.5, 0.6) is 5.75 Å². The van der Waals surface area contributed by atoms with E-state index in [0.717, 1.165) is 50.1 Å². The van der Waals surface area contributed by atoms with Gasteiger partial charge in [-0.1, -0.05) is 6.92 Å². The number of nitrogens with zero attached hydrogens (tertiary/aromatic N) is 2. The number of amidine groups is 1. The Morgan fingerprint density at radius 3 is 2.67 bits per heavy atom. The third-order valence-electron chi connectivity index (χ3n) is 4.99. The van der Waals surface area contributed by atoms with E-state index in [1.165, 1.54) is 11.1 Å². The summed E-state index contributed by atoms with van der Waals surface area (Å²) in [5, 5.41) is 14.9. The number of carbonyl (C=O) groups is 2. The molecule has 1 fully saturated rings. The summed E-state index contributed by atoms with van der Waals surface area (Å²) in [6.07, 6.45) is 2.06. The molecule has 8 heteroatoms. The Bertz CT molecular complexity index is 769. The van der Waals surface area contributed by atoms with Gasteiger partial charge in [-0.15, -0.1) is 0 Å². The molecule has 3 aliphatic heterocycles. The van der Waals surface area contributed by atoms with Crippen molar-refractivity contribution in [3.63, 3.8) is 0 Å². The van der Waals surface area contributed by atoms with E-state index >= 15 is 0 Å². The van der Waals surface area contributed by atoms with Gasteiger partial charge in [0.05, 0.1) is 5.69 Å². The predicted octanol–water partition coefficient (Wildman–Crippen LogP) is 1.13. The highest BCUT2D eigenvalue weighted by molar-refractivity contribution is 6.09. The Morgan fingerprint density at radius 1 is 1.37 bits per heavy atom. The van der Waals surface area contributed by atoms with Gasteiger partial charge in [-0.3, -0.25) is 9.59 Å². The molecule has 1 aromatic carbocycles. The molecule has 8 nitrogen and oxygen atoms in total. The molecular weight excluding hydrogens is 348 g/mol. The van der Waals surface area contributed by atoms with E-state index < -0.39 is 5.97 Å². The van der Waals surface area contributed by atoms with Gasteiger partial charge in [0.15, 0.2) is 5.84 Å². The molecule has 4 rings (SSSR count). The van der Waals surface area contributed by atoms with Gasteiger partial charge in [0.25, 0.3) is 11.9 Å². The molecule has 3 N–H and O–H groups in total. The maximum Gasteiger partial charge on any atom is 0.300 e. The third-order valence-corrected chi connectivity index (χ3v) is 4.99. The maximum absolute atomic E-state index is 12.0. The first-order valence-corrected chi connectivity index (χ1v) is 9.25. The van der Waals surface area contributed by atoms with Crippen molar-refractivity contribution in [1.82, 2.24) is 10.7 Å². The number of amides is 1. The Labute approximate surface area is 158 Å². The summed E-state index contributed by atoms with van der Waals surface area (Å²) in [7, 11) is 0.